The first-order valence-electron chi connectivity index (χ1n) is 5.98. The van der Waals surface area contributed by atoms with Crippen molar-refractivity contribution in [1.29, 1.82) is 0 Å². The van der Waals surface area contributed by atoms with Gasteiger partial charge < -0.3 is 0 Å². The Morgan fingerprint density at radius 1 is 1.19 bits per heavy atom. The predicted molar refractivity (Wildman–Crippen MR) is 75.3 cm³/mol. The highest BCUT2D eigenvalue weighted by molar-refractivity contribution is 6.74. The molecule has 0 amide bonds. The van der Waals surface area contributed by atoms with E-state index in [2.05, 4.69) is 58.2 Å². The second kappa shape index (κ2) is 4.14. The van der Waals surface area contributed by atoms with Gasteiger partial charge in [0.05, 0.1) is 0 Å². The highest BCUT2D eigenvalue weighted by atomic mass is 28.2. The van der Waals surface area contributed by atoms with E-state index < -0.39 is 0 Å². The molecule has 16 heavy (non-hydrogen) atoms. The molecule has 0 saturated heterocycles. The predicted octanol–water partition coefficient (Wildman–Crippen LogP) is 3.90. The van der Waals surface area contributed by atoms with Crippen molar-refractivity contribution >= 4 is 13.6 Å². The molecular weight excluding hydrogens is 208 g/mol. The highest BCUT2D eigenvalue weighted by Gasteiger charge is 2.23. The zero-order valence-electron chi connectivity index (χ0n) is 10.9. The van der Waals surface area contributed by atoms with Crippen LogP contribution in [0.5, 0.6) is 0 Å². The van der Waals surface area contributed by atoms with Crippen LogP contribution in [0.4, 0.5) is 0 Å². The lowest BCUT2D eigenvalue weighted by Crippen LogP contribution is -2.12. The normalized spacial score (nSPS) is 24.1. The largest absolute Gasteiger partial charge is 0.0740 e. The molecular formula is C15H20Si. The van der Waals surface area contributed by atoms with E-state index in [0.717, 1.165) is 0 Å². The second-order valence-corrected chi connectivity index (χ2v) is 7.57. The number of allylic oxidation sites excluding steroid dienone is 8. The third kappa shape index (κ3) is 1.73. The minimum atomic E-state index is -0.356. The van der Waals surface area contributed by atoms with Crippen LogP contribution in [0.2, 0.25) is 13.1 Å². The summed E-state index contributed by atoms with van der Waals surface area (Å²) in [5, 5.41) is 1.59. The van der Waals surface area contributed by atoms with Crippen LogP contribution in [0.3, 0.4) is 0 Å². The molecule has 0 aromatic rings. The van der Waals surface area contributed by atoms with Crippen LogP contribution in [0.1, 0.15) is 20.8 Å². The van der Waals surface area contributed by atoms with Crippen molar-refractivity contribution < 1.29 is 0 Å². The van der Waals surface area contributed by atoms with E-state index in [1.807, 2.05) is 0 Å². The lowest BCUT2D eigenvalue weighted by molar-refractivity contribution is 0.897. The van der Waals surface area contributed by atoms with Gasteiger partial charge in [0.2, 0.25) is 0 Å². The van der Waals surface area contributed by atoms with Crippen LogP contribution in [0.25, 0.3) is 0 Å². The van der Waals surface area contributed by atoms with Gasteiger partial charge in [-0.2, -0.15) is 0 Å². The average molecular weight is 228 g/mol. The summed E-state index contributed by atoms with van der Waals surface area (Å²) in [6, 6.07) is 0. The van der Waals surface area contributed by atoms with Crippen molar-refractivity contribution in [2.75, 3.05) is 0 Å². The molecule has 0 spiro atoms. The molecule has 1 heteroatoms. The summed E-state index contributed by atoms with van der Waals surface area (Å²) in [5.41, 5.74) is 6.01. The Morgan fingerprint density at radius 3 is 2.38 bits per heavy atom. The van der Waals surface area contributed by atoms with E-state index in [0.29, 0.717) is 5.92 Å². The fraction of sp³-hybridized carbons (Fsp3) is 0.400. The maximum atomic E-state index is 2.39. The van der Waals surface area contributed by atoms with Crippen molar-refractivity contribution in [3.63, 3.8) is 0 Å². The molecule has 2 rings (SSSR count). The molecule has 0 saturated carbocycles. The number of hydrogen-bond acceptors (Lipinski definition) is 0. The second-order valence-electron chi connectivity index (χ2n) is 5.03. The molecule has 0 aromatic heterocycles. The Balaban J connectivity index is 2.47. The van der Waals surface area contributed by atoms with Crippen molar-refractivity contribution in [2.24, 2.45) is 5.92 Å². The Bertz CT molecular complexity index is 478. The summed E-state index contributed by atoms with van der Waals surface area (Å²) in [4.78, 5) is 0. The third-order valence-corrected chi connectivity index (χ3v) is 5.11. The summed E-state index contributed by atoms with van der Waals surface area (Å²) >= 11 is 0. The average Bonchev–Trinajstić information content (AvgIpc) is 2.73. The first-order valence-corrected chi connectivity index (χ1v) is 8.48. The van der Waals surface area contributed by atoms with E-state index in [1.165, 1.54) is 16.7 Å². The van der Waals surface area contributed by atoms with Crippen LogP contribution >= 0.6 is 0 Å². The summed E-state index contributed by atoms with van der Waals surface area (Å²) < 4.78 is 0. The zero-order chi connectivity index (χ0) is 11.9. The first kappa shape index (κ1) is 11.5. The molecule has 1 unspecified atom stereocenters. The monoisotopic (exact) mass is 228 g/mol. The Labute approximate surface area is 100 Å². The summed E-state index contributed by atoms with van der Waals surface area (Å²) in [5.74, 6) is 0.586. The van der Waals surface area contributed by atoms with Crippen LogP contribution in [0, 0.1) is 5.92 Å². The highest BCUT2D eigenvalue weighted by Crippen LogP contribution is 2.36. The quantitative estimate of drug-likeness (QED) is 0.597. The van der Waals surface area contributed by atoms with Gasteiger partial charge in [0.15, 0.2) is 0 Å². The maximum Gasteiger partial charge on any atom is 0.0136 e. The number of hydrogen-bond donors (Lipinski definition) is 0. The van der Waals surface area contributed by atoms with Crippen LogP contribution in [0.15, 0.2) is 46.6 Å². The van der Waals surface area contributed by atoms with Crippen LogP contribution in [-0.2, 0) is 0 Å². The molecule has 0 N–H and O–H groups in total. The van der Waals surface area contributed by atoms with Gasteiger partial charge in [0, 0.05) is 14.3 Å². The zero-order valence-corrected chi connectivity index (χ0v) is 11.9. The van der Waals surface area contributed by atoms with Crippen molar-refractivity contribution in [1.82, 2.24) is 0 Å². The topological polar surface area (TPSA) is 0 Å². The Kier molecular flexibility index (Phi) is 2.98. The molecule has 0 bridgehead atoms. The lowest BCUT2D eigenvalue weighted by atomic mass is 9.93. The molecule has 2 aliphatic rings. The van der Waals surface area contributed by atoms with Crippen molar-refractivity contribution in [2.45, 2.75) is 33.9 Å². The van der Waals surface area contributed by atoms with E-state index in [-0.39, 0.29) is 8.41 Å². The fourth-order valence-corrected chi connectivity index (χ4v) is 3.86. The van der Waals surface area contributed by atoms with Crippen molar-refractivity contribution in [3.8, 4) is 0 Å². The van der Waals surface area contributed by atoms with Crippen LogP contribution < -0.4 is 0 Å². The molecule has 1 atom stereocenters. The molecule has 0 heterocycles. The Hall–Kier alpha value is -0.953. The molecule has 0 aromatic carbocycles. The minimum Gasteiger partial charge on any atom is -0.0740 e. The van der Waals surface area contributed by atoms with E-state index >= 15 is 0 Å². The van der Waals surface area contributed by atoms with Gasteiger partial charge in [0.1, 0.15) is 0 Å². The lowest BCUT2D eigenvalue weighted by Gasteiger charge is -2.15. The fourth-order valence-electron chi connectivity index (χ4n) is 2.68. The van der Waals surface area contributed by atoms with Crippen LogP contribution in [-0.4, -0.2) is 13.6 Å². The maximum absolute atomic E-state index is 2.39. The van der Waals surface area contributed by atoms with Gasteiger partial charge in [-0.1, -0.05) is 49.9 Å². The van der Waals surface area contributed by atoms with E-state index in [1.54, 1.807) is 10.7 Å². The SMILES string of the molecule is CC1=CC(C)C(C2=CC=CC2=[Si](C)C)=C1C. The Morgan fingerprint density at radius 2 is 1.88 bits per heavy atom. The molecule has 0 radical (unpaired) electrons. The van der Waals surface area contributed by atoms with Gasteiger partial charge in [-0.15, -0.1) is 0 Å². The summed E-state index contributed by atoms with van der Waals surface area (Å²) in [6.07, 6.45) is 9.21. The van der Waals surface area contributed by atoms with Gasteiger partial charge >= 0.3 is 0 Å². The molecule has 0 nitrogen and oxygen atoms in total. The molecule has 0 aliphatic heterocycles. The van der Waals surface area contributed by atoms with Gasteiger partial charge in [0.25, 0.3) is 0 Å². The minimum absolute atomic E-state index is 0.356. The third-order valence-electron chi connectivity index (χ3n) is 3.60. The number of rotatable bonds is 1. The van der Waals surface area contributed by atoms with E-state index in [9.17, 15) is 0 Å². The van der Waals surface area contributed by atoms with Gasteiger partial charge in [-0.05, 0) is 35.7 Å². The first-order chi connectivity index (χ1) is 7.52. The molecule has 84 valence electrons. The summed E-state index contributed by atoms with van der Waals surface area (Å²) in [7, 11) is -0.356. The molecule has 2 aliphatic carbocycles. The smallest absolute Gasteiger partial charge is 0.0136 e. The standard InChI is InChI=1S/C15H20Si/c1-10-9-11(2)15(12(10)3)13-7-6-8-14(13)16(4)5/h6-9,11H,1-5H3. The van der Waals surface area contributed by atoms with Gasteiger partial charge in [-0.3, -0.25) is 0 Å². The van der Waals surface area contributed by atoms with Gasteiger partial charge in [-0.25, -0.2) is 0 Å². The summed E-state index contributed by atoms with van der Waals surface area (Å²) in [6.45, 7) is 11.5. The van der Waals surface area contributed by atoms with E-state index in [4.69, 9.17) is 0 Å². The van der Waals surface area contributed by atoms with Crippen molar-refractivity contribution in [3.05, 3.63) is 46.6 Å². The molecule has 0 fully saturated rings.